The highest BCUT2D eigenvalue weighted by atomic mass is 16.5. The van der Waals surface area contributed by atoms with Gasteiger partial charge in [-0.1, -0.05) is 18.1 Å². The maximum Gasteiger partial charge on any atom is 0.306 e. The van der Waals surface area contributed by atoms with Crippen molar-refractivity contribution in [2.45, 2.75) is 70.9 Å². The summed E-state index contributed by atoms with van der Waals surface area (Å²) < 4.78 is 13.2. The highest BCUT2D eigenvalue weighted by Crippen LogP contribution is 2.33. The lowest BCUT2D eigenvalue weighted by Gasteiger charge is -2.27. The molecule has 186 valence electrons. The molecule has 0 spiro atoms. The second-order valence-corrected chi connectivity index (χ2v) is 9.58. The smallest absolute Gasteiger partial charge is 0.306 e. The number of hydrogen-bond donors (Lipinski definition) is 2. The highest BCUT2D eigenvalue weighted by Gasteiger charge is 2.28. The van der Waals surface area contributed by atoms with Crippen LogP contribution in [0.3, 0.4) is 0 Å². The van der Waals surface area contributed by atoms with Gasteiger partial charge in [-0.25, -0.2) is 9.67 Å². The van der Waals surface area contributed by atoms with Crippen molar-refractivity contribution in [2.75, 3.05) is 5.32 Å². The van der Waals surface area contributed by atoms with Gasteiger partial charge < -0.3 is 19.7 Å². The van der Waals surface area contributed by atoms with Gasteiger partial charge >= 0.3 is 5.97 Å². The van der Waals surface area contributed by atoms with Crippen LogP contribution in [0.1, 0.15) is 62.2 Å². The molecule has 0 bridgehead atoms. The number of nitrogens with one attached hydrogen (secondary N) is 1. The van der Waals surface area contributed by atoms with Gasteiger partial charge in [-0.15, -0.1) is 5.10 Å². The minimum absolute atomic E-state index is 0.114. The van der Waals surface area contributed by atoms with Gasteiger partial charge in [0.2, 0.25) is 5.89 Å². The first kappa shape index (κ1) is 23.3. The number of aromatic nitrogens is 6. The summed E-state index contributed by atoms with van der Waals surface area (Å²) in [7, 11) is 1.83. The summed E-state index contributed by atoms with van der Waals surface area (Å²) in [4.78, 5) is 20.5. The molecule has 0 unspecified atom stereocenters. The molecule has 3 heterocycles. The number of aliphatic carboxylic acids is 1. The molecule has 3 aromatic rings. The van der Waals surface area contributed by atoms with Crippen LogP contribution in [-0.2, 0) is 24.8 Å². The third-order valence-electron chi connectivity index (χ3n) is 6.84. The number of hydrogen-bond acceptors (Lipinski definition) is 9. The fourth-order valence-electron chi connectivity index (χ4n) is 4.56. The van der Waals surface area contributed by atoms with Crippen LogP contribution < -0.4 is 10.1 Å². The van der Waals surface area contributed by atoms with Crippen molar-refractivity contribution in [2.24, 2.45) is 18.9 Å². The number of pyridine rings is 1. The van der Waals surface area contributed by atoms with Crippen LogP contribution in [0.5, 0.6) is 5.75 Å². The van der Waals surface area contributed by atoms with E-state index in [2.05, 4.69) is 25.8 Å². The summed E-state index contributed by atoms with van der Waals surface area (Å²) in [6.45, 7) is 2.30. The molecule has 11 nitrogen and oxygen atoms in total. The van der Waals surface area contributed by atoms with E-state index >= 15 is 0 Å². The van der Waals surface area contributed by atoms with Crippen LogP contribution in [0, 0.1) is 18.8 Å². The zero-order valence-corrected chi connectivity index (χ0v) is 20.1. The van der Waals surface area contributed by atoms with E-state index in [1.165, 1.54) is 12.8 Å². The zero-order valence-electron chi connectivity index (χ0n) is 20.1. The van der Waals surface area contributed by atoms with Gasteiger partial charge in [-0.3, -0.25) is 4.79 Å². The second-order valence-electron chi connectivity index (χ2n) is 9.58. The van der Waals surface area contributed by atoms with E-state index in [1.54, 1.807) is 4.68 Å². The molecule has 3 aromatic heterocycles. The normalized spacial score (nSPS) is 20.1. The quantitative estimate of drug-likeness (QED) is 0.441. The Bertz CT molecular complexity index is 1190. The van der Waals surface area contributed by atoms with Gasteiger partial charge in [0.15, 0.2) is 0 Å². The minimum Gasteiger partial charge on any atom is -0.489 e. The van der Waals surface area contributed by atoms with Crippen molar-refractivity contribution in [3.8, 4) is 17.1 Å². The molecular formula is C24H31N7O4. The van der Waals surface area contributed by atoms with E-state index in [0.717, 1.165) is 43.0 Å². The summed E-state index contributed by atoms with van der Waals surface area (Å²) >= 11 is 0. The van der Waals surface area contributed by atoms with Crippen LogP contribution in [0.2, 0.25) is 0 Å². The van der Waals surface area contributed by atoms with Crippen LogP contribution in [0.15, 0.2) is 16.7 Å². The molecule has 2 atom stereocenters. The number of carboxylic acids is 1. The number of nitrogens with zero attached hydrogens (tertiary/aromatic N) is 6. The molecule has 35 heavy (non-hydrogen) atoms. The van der Waals surface area contributed by atoms with Gasteiger partial charge in [0.25, 0.3) is 5.95 Å². The van der Waals surface area contributed by atoms with Crippen molar-refractivity contribution < 1.29 is 19.2 Å². The Morgan fingerprint density at radius 1 is 1.26 bits per heavy atom. The second kappa shape index (κ2) is 10.0. The molecule has 2 aliphatic rings. The summed E-state index contributed by atoms with van der Waals surface area (Å²) in [5, 5.41) is 25.0. The van der Waals surface area contributed by atoms with E-state index in [-0.39, 0.29) is 12.0 Å². The SMILES string of the molecule is Cc1nc(-c2nnn(C)c2CNc2noc(CCC3CC3)n2)ccc1O[C@H]1CCC[C@H](C(=O)O)C1. The first-order valence-electron chi connectivity index (χ1n) is 12.3. The predicted molar refractivity (Wildman–Crippen MR) is 126 cm³/mol. The van der Waals surface area contributed by atoms with Gasteiger partial charge in [-0.2, -0.15) is 4.98 Å². The van der Waals surface area contributed by atoms with E-state index in [9.17, 15) is 9.90 Å². The molecule has 11 heteroatoms. The Morgan fingerprint density at radius 2 is 2.11 bits per heavy atom. The Labute approximate surface area is 203 Å². The molecule has 2 aliphatic carbocycles. The van der Waals surface area contributed by atoms with Gasteiger partial charge in [0.05, 0.1) is 35.6 Å². The molecular weight excluding hydrogens is 450 g/mol. The van der Waals surface area contributed by atoms with Crippen molar-refractivity contribution in [3.63, 3.8) is 0 Å². The number of carboxylic acid groups (broad SMARTS) is 1. The lowest BCUT2D eigenvalue weighted by atomic mass is 9.87. The van der Waals surface area contributed by atoms with Crippen molar-refractivity contribution in [1.82, 2.24) is 30.1 Å². The van der Waals surface area contributed by atoms with Crippen LogP contribution in [-0.4, -0.2) is 47.3 Å². The van der Waals surface area contributed by atoms with Crippen molar-refractivity contribution in [3.05, 3.63) is 29.4 Å². The van der Waals surface area contributed by atoms with Crippen molar-refractivity contribution >= 4 is 11.9 Å². The number of carbonyl (C=O) groups is 1. The van der Waals surface area contributed by atoms with E-state index in [1.807, 2.05) is 26.1 Å². The predicted octanol–water partition coefficient (Wildman–Crippen LogP) is 3.55. The Balaban J connectivity index is 1.24. The first-order chi connectivity index (χ1) is 17.0. The molecule has 0 saturated heterocycles. The zero-order chi connectivity index (χ0) is 24.4. The fourth-order valence-corrected chi connectivity index (χ4v) is 4.56. The molecule has 2 saturated carbocycles. The van der Waals surface area contributed by atoms with E-state index < -0.39 is 5.97 Å². The largest absolute Gasteiger partial charge is 0.489 e. The molecule has 0 aliphatic heterocycles. The standard InChI is InChI=1S/C24H31N7O4/c1-14-20(34-17-5-3-4-16(12-17)23(32)33)10-9-18(26-14)22-19(31(2)30-28-22)13-25-24-27-21(35-29-24)11-8-15-6-7-15/h9-10,15-17H,3-8,11-13H2,1-2H3,(H,25,29)(H,32,33)/t16-,17-/m0/s1. The van der Waals surface area contributed by atoms with E-state index in [4.69, 9.17) is 14.2 Å². The van der Waals surface area contributed by atoms with Crippen LogP contribution >= 0.6 is 0 Å². The lowest BCUT2D eigenvalue weighted by Crippen LogP contribution is -2.29. The number of ether oxygens (including phenoxy) is 1. The Morgan fingerprint density at radius 3 is 2.89 bits per heavy atom. The first-order valence-corrected chi connectivity index (χ1v) is 12.3. The van der Waals surface area contributed by atoms with Gasteiger partial charge in [0.1, 0.15) is 11.4 Å². The summed E-state index contributed by atoms with van der Waals surface area (Å²) in [6, 6.07) is 3.73. The average Bonchev–Trinajstić information content (AvgIpc) is 3.45. The maximum atomic E-state index is 11.4. The fraction of sp³-hybridized carbons (Fsp3) is 0.583. The Kier molecular flexibility index (Phi) is 6.65. The average molecular weight is 482 g/mol. The summed E-state index contributed by atoms with van der Waals surface area (Å²) in [6.07, 6.45) is 7.35. The third kappa shape index (κ3) is 5.60. The number of anilines is 1. The Hall–Kier alpha value is -3.50. The van der Waals surface area contributed by atoms with Crippen LogP contribution in [0.25, 0.3) is 11.4 Å². The van der Waals surface area contributed by atoms with Crippen molar-refractivity contribution in [1.29, 1.82) is 0 Å². The molecule has 0 aromatic carbocycles. The van der Waals surface area contributed by atoms with Gasteiger partial charge in [-0.05, 0) is 62.2 Å². The highest BCUT2D eigenvalue weighted by molar-refractivity contribution is 5.70. The topological polar surface area (TPSA) is 141 Å². The summed E-state index contributed by atoms with van der Waals surface area (Å²) in [5.74, 6) is 1.50. The monoisotopic (exact) mass is 481 g/mol. The lowest BCUT2D eigenvalue weighted by molar-refractivity contribution is -0.143. The minimum atomic E-state index is -0.748. The molecule has 2 N–H and O–H groups in total. The van der Waals surface area contributed by atoms with Gasteiger partial charge in [0, 0.05) is 13.5 Å². The summed E-state index contributed by atoms with van der Waals surface area (Å²) in [5.41, 5.74) is 2.91. The number of rotatable bonds is 10. The molecule has 0 amide bonds. The maximum absolute atomic E-state index is 11.4. The van der Waals surface area contributed by atoms with E-state index in [0.29, 0.717) is 48.4 Å². The molecule has 5 rings (SSSR count). The number of aryl methyl sites for hydroxylation is 3. The molecule has 0 radical (unpaired) electrons. The van der Waals surface area contributed by atoms with Crippen LogP contribution in [0.4, 0.5) is 5.95 Å². The third-order valence-corrected chi connectivity index (χ3v) is 6.84. The molecule has 2 fully saturated rings.